The highest BCUT2D eigenvalue weighted by Crippen LogP contribution is 2.37. The largest absolute Gasteiger partial charge is 0.413 e. The van der Waals surface area contributed by atoms with Crippen molar-refractivity contribution in [2.75, 3.05) is 6.61 Å². The zero-order chi connectivity index (χ0) is 14.8. The Labute approximate surface area is 118 Å². The molecular weight excluding hydrogens is 256 g/mol. The summed E-state index contributed by atoms with van der Waals surface area (Å²) in [5.74, 6) is 0. The number of hydrogen-bond acceptors (Lipinski definition) is 3. The van der Waals surface area contributed by atoms with Crippen LogP contribution in [0.2, 0.25) is 18.1 Å². The summed E-state index contributed by atoms with van der Waals surface area (Å²) in [5.41, 5.74) is 2.09. The zero-order valence-corrected chi connectivity index (χ0v) is 14.0. The van der Waals surface area contributed by atoms with Gasteiger partial charge in [0.25, 0.3) is 0 Å². The van der Waals surface area contributed by atoms with Crippen LogP contribution in [-0.4, -0.2) is 37.3 Å². The first kappa shape index (κ1) is 16.6. The van der Waals surface area contributed by atoms with Crippen molar-refractivity contribution in [1.29, 1.82) is 0 Å². The minimum Gasteiger partial charge on any atom is -0.413 e. The molecule has 0 amide bonds. The molecule has 0 fully saturated rings. The van der Waals surface area contributed by atoms with Crippen LogP contribution in [0.5, 0.6) is 0 Å². The van der Waals surface area contributed by atoms with Gasteiger partial charge in [-0.15, -0.1) is 0 Å². The Morgan fingerprint density at radius 2 is 1.89 bits per heavy atom. The topological polar surface area (TPSA) is 49.7 Å². The summed E-state index contributed by atoms with van der Waals surface area (Å²) in [5, 5.41) is 19.6. The molecule has 0 aromatic rings. The van der Waals surface area contributed by atoms with Crippen molar-refractivity contribution in [3.63, 3.8) is 0 Å². The first-order valence-electron chi connectivity index (χ1n) is 6.92. The Morgan fingerprint density at radius 1 is 1.32 bits per heavy atom. The third-order valence-corrected chi connectivity index (χ3v) is 8.80. The average molecular weight is 284 g/mol. The third kappa shape index (κ3) is 4.28. The third-order valence-electron chi connectivity index (χ3n) is 4.32. The highest BCUT2D eigenvalue weighted by Gasteiger charge is 2.37. The van der Waals surface area contributed by atoms with Crippen molar-refractivity contribution in [1.82, 2.24) is 0 Å². The van der Waals surface area contributed by atoms with Crippen molar-refractivity contribution in [2.24, 2.45) is 0 Å². The molecule has 2 atom stereocenters. The minimum atomic E-state index is -1.76. The smallest absolute Gasteiger partial charge is 0.192 e. The van der Waals surface area contributed by atoms with Crippen molar-refractivity contribution in [3.05, 3.63) is 23.3 Å². The molecule has 0 unspecified atom stereocenters. The van der Waals surface area contributed by atoms with Gasteiger partial charge in [0, 0.05) is 0 Å². The summed E-state index contributed by atoms with van der Waals surface area (Å²) >= 11 is 0. The lowest BCUT2D eigenvalue weighted by atomic mass is 10.1. The van der Waals surface area contributed by atoms with E-state index in [9.17, 15) is 10.2 Å². The van der Waals surface area contributed by atoms with Crippen molar-refractivity contribution in [2.45, 2.75) is 64.5 Å². The van der Waals surface area contributed by atoms with Crippen LogP contribution in [-0.2, 0) is 4.43 Å². The standard InChI is InChI=1S/C15H28O3Si/c1-11-9-14(17)13(16)8-7-12(11)10-18-19(5,6)15(2,3)4/h7,9,13-14,16-17H,8,10H2,1-6H3/t13-,14-/m0/s1. The van der Waals surface area contributed by atoms with Gasteiger partial charge < -0.3 is 14.6 Å². The minimum absolute atomic E-state index is 0.189. The van der Waals surface area contributed by atoms with Crippen molar-refractivity contribution < 1.29 is 14.6 Å². The van der Waals surface area contributed by atoms with E-state index in [0.717, 1.165) is 11.1 Å². The molecule has 0 aromatic carbocycles. The summed E-state index contributed by atoms with van der Waals surface area (Å²) in [6, 6.07) is 0. The van der Waals surface area contributed by atoms with E-state index in [1.807, 2.05) is 13.0 Å². The maximum absolute atomic E-state index is 9.71. The van der Waals surface area contributed by atoms with Crippen LogP contribution >= 0.6 is 0 Å². The van der Waals surface area contributed by atoms with Gasteiger partial charge in [-0.1, -0.05) is 32.9 Å². The van der Waals surface area contributed by atoms with E-state index >= 15 is 0 Å². The van der Waals surface area contributed by atoms with Crippen LogP contribution < -0.4 is 0 Å². The van der Waals surface area contributed by atoms with Crippen LogP contribution in [0, 0.1) is 0 Å². The van der Waals surface area contributed by atoms with Gasteiger partial charge in [-0.2, -0.15) is 0 Å². The van der Waals surface area contributed by atoms with Gasteiger partial charge in [-0.3, -0.25) is 0 Å². The molecule has 1 aliphatic rings. The van der Waals surface area contributed by atoms with Crippen LogP contribution in [0.4, 0.5) is 0 Å². The predicted octanol–water partition coefficient (Wildman–Crippen LogP) is 3.01. The van der Waals surface area contributed by atoms with Crippen molar-refractivity contribution in [3.8, 4) is 0 Å². The Morgan fingerprint density at radius 3 is 2.42 bits per heavy atom. The van der Waals surface area contributed by atoms with E-state index in [1.165, 1.54) is 0 Å². The fraction of sp³-hybridized carbons (Fsp3) is 0.733. The number of hydrogen-bond donors (Lipinski definition) is 2. The molecule has 19 heavy (non-hydrogen) atoms. The second-order valence-electron chi connectivity index (χ2n) is 6.92. The molecule has 4 heteroatoms. The lowest BCUT2D eigenvalue weighted by molar-refractivity contribution is 0.0515. The molecular formula is C15H28O3Si. The van der Waals surface area contributed by atoms with Crippen LogP contribution in [0.25, 0.3) is 0 Å². The summed E-state index contributed by atoms with van der Waals surface area (Å²) < 4.78 is 6.20. The van der Waals surface area contributed by atoms with E-state index in [1.54, 1.807) is 6.08 Å². The lowest BCUT2D eigenvalue weighted by Crippen LogP contribution is -2.41. The molecule has 0 radical (unpaired) electrons. The van der Waals surface area contributed by atoms with Crippen molar-refractivity contribution >= 4 is 8.32 Å². The van der Waals surface area contributed by atoms with Gasteiger partial charge in [-0.25, -0.2) is 0 Å². The normalized spacial score (nSPS) is 25.7. The molecule has 0 aliphatic heterocycles. The number of rotatable bonds is 3. The van der Waals surface area contributed by atoms with Gasteiger partial charge in [0.1, 0.15) is 0 Å². The molecule has 0 heterocycles. The van der Waals surface area contributed by atoms with E-state index < -0.39 is 20.5 Å². The summed E-state index contributed by atoms with van der Waals surface area (Å²) in [6.45, 7) is 13.6. The fourth-order valence-corrected chi connectivity index (χ4v) is 2.63. The van der Waals surface area contributed by atoms with E-state index in [0.29, 0.717) is 13.0 Å². The van der Waals surface area contributed by atoms with Gasteiger partial charge in [0.05, 0.1) is 18.8 Å². The monoisotopic (exact) mass is 284 g/mol. The number of aliphatic hydroxyl groups is 2. The second-order valence-corrected chi connectivity index (χ2v) is 11.7. The number of aliphatic hydroxyl groups excluding tert-OH is 2. The predicted molar refractivity (Wildman–Crippen MR) is 81.6 cm³/mol. The van der Waals surface area contributed by atoms with E-state index in [-0.39, 0.29) is 5.04 Å². The zero-order valence-electron chi connectivity index (χ0n) is 13.0. The Balaban J connectivity index is 2.75. The Hall–Kier alpha value is -0.423. The first-order chi connectivity index (χ1) is 8.54. The maximum atomic E-state index is 9.71. The summed E-state index contributed by atoms with van der Waals surface area (Å²) in [6.07, 6.45) is 2.70. The second kappa shape index (κ2) is 5.91. The Bertz CT molecular complexity index is 377. The van der Waals surface area contributed by atoms with Crippen LogP contribution in [0.3, 0.4) is 0 Å². The highest BCUT2D eigenvalue weighted by atomic mass is 28.4. The highest BCUT2D eigenvalue weighted by molar-refractivity contribution is 6.74. The summed E-state index contributed by atoms with van der Waals surface area (Å²) in [4.78, 5) is 0. The molecule has 110 valence electrons. The fourth-order valence-electron chi connectivity index (χ4n) is 1.69. The van der Waals surface area contributed by atoms with E-state index in [2.05, 4.69) is 33.9 Å². The molecule has 0 aromatic heterocycles. The van der Waals surface area contributed by atoms with Gasteiger partial charge >= 0.3 is 0 Å². The van der Waals surface area contributed by atoms with Crippen LogP contribution in [0.15, 0.2) is 23.3 Å². The molecule has 1 aliphatic carbocycles. The van der Waals surface area contributed by atoms with Gasteiger partial charge in [0.2, 0.25) is 0 Å². The van der Waals surface area contributed by atoms with Gasteiger partial charge in [0.15, 0.2) is 8.32 Å². The molecule has 0 saturated carbocycles. The van der Waals surface area contributed by atoms with Crippen LogP contribution in [0.1, 0.15) is 34.1 Å². The molecule has 0 saturated heterocycles. The Kier molecular flexibility index (Phi) is 5.18. The van der Waals surface area contributed by atoms with Gasteiger partial charge in [-0.05, 0) is 42.6 Å². The maximum Gasteiger partial charge on any atom is 0.192 e. The first-order valence-corrected chi connectivity index (χ1v) is 9.83. The average Bonchev–Trinajstić information content (AvgIpc) is 2.36. The molecule has 3 nitrogen and oxygen atoms in total. The molecule has 0 bridgehead atoms. The molecule has 2 N–H and O–H groups in total. The molecule has 1 rings (SSSR count). The summed E-state index contributed by atoms with van der Waals surface area (Å²) in [7, 11) is -1.76. The quantitative estimate of drug-likeness (QED) is 0.783. The van der Waals surface area contributed by atoms with E-state index in [4.69, 9.17) is 4.43 Å². The lowest BCUT2D eigenvalue weighted by Gasteiger charge is -2.36. The molecule has 0 spiro atoms. The SMILES string of the molecule is CC1=C[C@H](O)[C@@H](O)CC=C1CO[Si](C)(C)C(C)(C)C.